The lowest BCUT2D eigenvalue weighted by Crippen LogP contribution is -2.38. The Kier molecular flexibility index (Phi) is 3.97. The van der Waals surface area contributed by atoms with Crippen molar-refractivity contribution < 1.29 is 14.0 Å². The number of carbonyl (C=O) groups is 1. The van der Waals surface area contributed by atoms with Crippen molar-refractivity contribution in [3.05, 3.63) is 65.3 Å². The van der Waals surface area contributed by atoms with Crippen LogP contribution in [-0.2, 0) is 11.2 Å². The monoisotopic (exact) mass is 258 g/mol. The molecule has 0 saturated heterocycles. The predicted molar refractivity (Wildman–Crippen MR) is 70.6 cm³/mol. The lowest BCUT2D eigenvalue weighted by atomic mass is 10.1. The highest BCUT2D eigenvalue weighted by Crippen LogP contribution is 2.06. The van der Waals surface area contributed by atoms with Gasteiger partial charge in [-0.15, -0.1) is 0 Å². The average molecular weight is 258 g/mol. The zero-order chi connectivity index (χ0) is 13.7. The van der Waals surface area contributed by atoms with Crippen LogP contribution in [0.2, 0.25) is 0 Å². The van der Waals surface area contributed by atoms with Gasteiger partial charge in [-0.05, 0) is 17.7 Å². The molecule has 1 aromatic carbocycles. The third-order valence-electron chi connectivity index (χ3n) is 2.71. The molecule has 1 heterocycles. The number of amides is 1. The Morgan fingerprint density at radius 1 is 1.32 bits per heavy atom. The van der Waals surface area contributed by atoms with E-state index in [9.17, 15) is 10.0 Å². The number of benzene rings is 1. The number of primary amides is 1. The van der Waals surface area contributed by atoms with Crippen molar-refractivity contribution in [1.82, 2.24) is 0 Å². The van der Waals surface area contributed by atoms with Crippen LogP contribution < -0.4 is 5.73 Å². The quantitative estimate of drug-likeness (QED) is 0.380. The van der Waals surface area contributed by atoms with Crippen molar-refractivity contribution >= 4 is 12.1 Å². The van der Waals surface area contributed by atoms with Crippen LogP contribution in [0.3, 0.4) is 0 Å². The van der Waals surface area contributed by atoms with Gasteiger partial charge in [-0.3, -0.25) is 4.79 Å². The van der Waals surface area contributed by atoms with E-state index < -0.39 is 11.9 Å². The molecule has 2 aromatic rings. The second-order valence-corrected chi connectivity index (χ2v) is 4.11. The number of furan rings is 1. The van der Waals surface area contributed by atoms with E-state index in [1.165, 1.54) is 12.5 Å². The molecule has 1 atom stereocenters. The largest absolute Gasteiger partial charge is 0.623 e. The molecule has 0 radical (unpaired) electrons. The van der Waals surface area contributed by atoms with Gasteiger partial charge in [-0.2, -0.15) is 4.74 Å². The molecule has 0 fully saturated rings. The first kappa shape index (κ1) is 12.9. The SMILES string of the molecule is NC(=O)C(Cc1ccccc1)/[N+]([O-])=C/c1ccco1. The van der Waals surface area contributed by atoms with Gasteiger partial charge in [0.2, 0.25) is 12.3 Å². The van der Waals surface area contributed by atoms with E-state index in [1.54, 1.807) is 12.1 Å². The van der Waals surface area contributed by atoms with Crippen molar-refractivity contribution in [2.45, 2.75) is 12.5 Å². The van der Waals surface area contributed by atoms with Gasteiger partial charge in [0, 0.05) is 6.42 Å². The van der Waals surface area contributed by atoms with Gasteiger partial charge >= 0.3 is 0 Å². The summed E-state index contributed by atoms with van der Waals surface area (Å²) >= 11 is 0. The lowest BCUT2D eigenvalue weighted by molar-refractivity contribution is -0.481. The van der Waals surface area contributed by atoms with Gasteiger partial charge in [0.15, 0.2) is 5.76 Å². The normalized spacial score (nSPS) is 13.2. The molecule has 0 bridgehead atoms. The number of hydrogen-bond acceptors (Lipinski definition) is 3. The van der Waals surface area contributed by atoms with E-state index >= 15 is 0 Å². The number of rotatable bonds is 5. The molecule has 2 N–H and O–H groups in total. The minimum absolute atomic E-state index is 0.261. The molecule has 0 aliphatic carbocycles. The Hall–Kier alpha value is -2.56. The van der Waals surface area contributed by atoms with Gasteiger partial charge < -0.3 is 15.4 Å². The third-order valence-corrected chi connectivity index (χ3v) is 2.71. The highest BCUT2D eigenvalue weighted by atomic mass is 16.5. The minimum Gasteiger partial charge on any atom is -0.623 e. The number of hydrogen-bond donors (Lipinski definition) is 1. The Bertz CT molecular complexity index is 562. The standard InChI is InChI=1S/C14H14N2O3/c15-14(17)13(9-11-5-2-1-3-6-11)16(18)10-12-7-4-8-19-12/h1-8,10,13H,9H2,(H2,15,17)/b16-10-. The number of carbonyl (C=O) groups excluding carboxylic acids is 1. The zero-order valence-corrected chi connectivity index (χ0v) is 10.2. The fourth-order valence-corrected chi connectivity index (χ4v) is 1.73. The third kappa shape index (κ3) is 3.45. The summed E-state index contributed by atoms with van der Waals surface area (Å²) in [4.78, 5) is 11.4. The van der Waals surface area contributed by atoms with Gasteiger partial charge in [-0.25, -0.2) is 0 Å². The number of nitrogens with two attached hydrogens (primary N) is 1. The molecule has 0 saturated carbocycles. The van der Waals surface area contributed by atoms with Gasteiger partial charge in [-0.1, -0.05) is 30.3 Å². The van der Waals surface area contributed by atoms with Crippen molar-refractivity contribution in [3.63, 3.8) is 0 Å². The fraction of sp³-hybridized carbons (Fsp3) is 0.143. The molecule has 1 unspecified atom stereocenters. The highest BCUT2D eigenvalue weighted by Gasteiger charge is 2.23. The first-order chi connectivity index (χ1) is 9.16. The highest BCUT2D eigenvalue weighted by molar-refractivity contribution is 5.80. The van der Waals surface area contributed by atoms with E-state index in [4.69, 9.17) is 10.2 Å². The summed E-state index contributed by atoms with van der Waals surface area (Å²) in [5.41, 5.74) is 6.16. The fourth-order valence-electron chi connectivity index (χ4n) is 1.73. The van der Waals surface area contributed by atoms with E-state index in [-0.39, 0.29) is 6.42 Å². The van der Waals surface area contributed by atoms with E-state index in [0.717, 1.165) is 5.56 Å². The van der Waals surface area contributed by atoms with Crippen LogP contribution in [0.5, 0.6) is 0 Å². The Morgan fingerprint density at radius 3 is 2.63 bits per heavy atom. The topological polar surface area (TPSA) is 82.3 Å². The van der Waals surface area contributed by atoms with E-state index in [0.29, 0.717) is 10.5 Å². The van der Waals surface area contributed by atoms with Gasteiger partial charge in [0.25, 0.3) is 5.91 Å². The molecule has 98 valence electrons. The van der Waals surface area contributed by atoms with Crippen LogP contribution in [0, 0.1) is 5.21 Å². The summed E-state index contributed by atoms with van der Waals surface area (Å²) in [6.07, 6.45) is 2.94. The predicted octanol–water partition coefficient (Wildman–Crippen LogP) is 1.31. The van der Waals surface area contributed by atoms with Crippen LogP contribution in [0.1, 0.15) is 11.3 Å². The summed E-state index contributed by atoms with van der Waals surface area (Å²) in [5.74, 6) is -0.282. The smallest absolute Gasteiger partial charge is 0.287 e. The van der Waals surface area contributed by atoms with Gasteiger partial charge in [0.05, 0.1) is 6.26 Å². The van der Waals surface area contributed by atoms with Crippen LogP contribution in [0.4, 0.5) is 0 Å². The Balaban J connectivity index is 2.19. The van der Waals surface area contributed by atoms with Gasteiger partial charge in [0.1, 0.15) is 0 Å². The molecule has 5 heteroatoms. The average Bonchev–Trinajstić information content (AvgIpc) is 2.89. The molecule has 1 amide bonds. The Labute approximate surface area is 110 Å². The molecule has 0 spiro atoms. The van der Waals surface area contributed by atoms with Crippen LogP contribution >= 0.6 is 0 Å². The summed E-state index contributed by atoms with van der Waals surface area (Å²) in [5, 5.41) is 12.0. The molecule has 1 aromatic heterocycles. The maximum absolute atomic E-state index is 12.0. The van der Waals surface area contributed by atoms with Crippen LogP contribution in [0.15, 0.2) is 53.1 Å². The second kappa shape index (κ2) is 5.86. The first-order valence-electron chi connectivity index (χ1n) is 5.84. The summed E-state index contributed by atoms with van der Waals surface area (Å²) in [6, 6.07) is 11.6. The minimum atomic E-state index is -0.951. The summed E-state index contributed by atoms with van der Waals surface area (Å²) in [6.45, 7) is 0. The van der Waals surface area contributed by atoms with Crippen LogP contribution in [0.25, 0.3) is 0 Å². The number of nitrogens with zero attached hydrogens (tertiary/aromatic N) is 1. The van der Waals surface area contributed by atoms with Crippen molar-refractivity contribution in [3.8, 4) is 0 Å². The van der Waals surface area contributed by atoms with Crippen molar-refractivity contribution in [2.75, 3.05) is 0 Å². The molecule has 0 aliphatic rings. The molecule has 19 heavy (non-hydrogen) atoms. The van der Waals surface area contributed by atoms with E-state index in [2.05, 4.69) is 0 Å². The molecule has 0 aliphatic heterocycles. The molecular weight excluding hydrogens is 244 g/mol. The summed E-state index contributed by atoms with van der Waals surface area (Å²) < 4.78 is 5.57. The zero-order valence-electron chi connectivity index (χ0n) is 10.2. The van der Waals surface area contributed by atoms with Crippen molar-refractivity contribution in [1.29, 1.82) is 0 Å². The molecular formula is C14H14N2O3. The maximum atomic E-state index is 12.0. The van der Waals surface area contributed by atoms with Crippen LogP contribution in [-0.4, -0.2) is 22.9 Å². The molecule has 5 nitrogen and oxygen atoms in total. The first-order valence-corrected chi connectivity index (χ1v) is 5.84. The second-order valence-electron chi connectivity index (χ2n) is 4.11. The maximum Gasteiger partial charge on any atom is 0.287 e. The molecule has 2 rings (SSSR count). The van der Waals surface area contributed by atoms with Crippen molar-refractivity contribution in [2.24, 2.45) is 5.73 Å². The lowest BCUT2D eigenvalue weighted by Gasteiger charge is -2.13. The Morgan fingerprint density at radius 2 is 2.05 bits per heavy atom. The summed E-state index contributed by atoms with van der Waals surface area (Å²) in [7, 11) is 0. The van der Waals surface area contributed by atoms with E-state index in [1.807, 2.05) is 30.3 Å². The number of hydroxylamine groups is 1.